The summed E-state index contributed by atoms with van der Waals surface area (Å²) in [5.74, 6) is -7.61. The molecule has 0 bridgehead atoms. The average molecular weight is 533 g/mol. The van der Waals surface area contributed by atoms with E-state index in [1.54, 1.807) is 0 Å². The molecule has 1 saturated heterocycles. The van der Waals surface area contributed by atoms with Crippen molar-refractivity contribution in [3.63, 3.8) is 0 Å². The minimum absolute atomic E-state index is 0.0403. The van der Waals surface area contributed by atoms with Gasteiger partial charge in [0.15, 0.2) is 5.78 Å². The summed E-state index contributed by atoms with van der Waals surface area (Å²) in [4.78, 5) is 14.5. The Kier molecular flexibility index (Phi) is 7.93. The Hall–Kier alpha value is -1.73. The lowest BCUT2D eigenvalue weighted by Crippen LogP contribution is -2.60. The maximum Gasteiger partial charge on any atom is 0.419 e. The Morgan fingerprint density at radius 3 is 2.09 bits per heavy atom. The van der Waals surface area contributed by atoms with Gasteiger partial charge >= 0.3 is 6.18 Å². The summed E-state index contributed by atoms with van der Waals surface area (Å²) in [6.07, 6.45) is -6.82. The number of hydrogen-bond donors (Lipinski definition) is 0. The molecule has 0 atom stereocenters. The Balaban J connectivity index is 1.81. The molecule has 1 aromatic rings. The van der Waals surface area contributed by atoms with Gasteiger partial charge in [-0.2, -0.15) is 17.5 Å². The zero-order valence-electron chi connectivity index (χ0n) is 19.1. The van der Waals surface area contributed by atoms with Gasteiger partial charge in [-0.25, -0.2) is 26.0 Å². The van der Waals surface area contributed by atoms with Crippen molar-refractivity contribution in [2.45, 2.75) is 63.1 Å². The molecule has 2 aliphatic rings. The number of carbonyl (C=O) groups excluding carboxylic acids is 1. The fraction of sp³-hybridized carbons (Fsp3) is 0.682. The van der Waals surface area contributed by atoms with Gasteiger partial charge in [0.2, 0.25) is 15.9 Å². The molecule has 1 heterocycles. The van der Waals surface area contributed by atoms with Crippen LogP contribution in [0.2, 0.25) is 0 Å². The lowest BCUT2D eigenvalue weighted by Gasteiger charge is -2.51. The molecule has 5 nitrogen and oxygen atoms in total. The molecule has 0 unspecified atom stereocenters. The lowest BCUT2D eigenvalue weighted by molar-refractivity contribution is -0.140. The molecule has 198 valence electrons. The molecule has 1 aromatic carbocycles. The lowest BCUT2D eigenvalue weighted by atomic mass is 9.74. The first kappa shape index (κ1) is 27.9. The Morgan fingerprint density at radius 2 is 1.57 bits per heavy atom. The fourth-order valence-electron chi connectivity index (χ4n) is 4.93. The first-order chi connectivity index (χ1) is 16.1. The molecule has 13 heteroatoms. The first-order valence-electron chi connectivity index (χ1n) is 11.3. The number of piperazine rings is 1. The van der Waals surface area contributed by atoms with Crippen LogP contribution in [0.25, 0.3) is 0 Å². The van der Waals surface area contributed by atoms with E-state index >= 15 is 0 Å². The smallest absolute Gasteiger partial charge is 0.295 e. The standard InChI is InChI=1S/C22H27F7N2O3S/c1-2-35(33,34)31-13-11-30(12-14-31)20(7-9-21(25,26)10-8-20)6-5-17(32)18-16(23)4-3-15(19(18)24)22(27,28)29/h3-4H,2,5-14H2,1H3. The van der Waals surface area contributed by atoms with E-state index in [0.717, 1.165) is 0 Å². The molecular weight excluding hydrogens is 505 g/mol. The van der Waals surface area contributed by atoms with Crippen LogP contribution in [0.15, 0.2) is 12.1 Å². The number of benzene rings is 1. The number of hydrogen-bond acceptors (Lipinski definition) is 4. The first-order valence-corrected chi connectivity index (χ1v) is 12.9. The molecule has 2 fully saturated rings. The highest BCUT2D eigenvalue weighted by Crippen LogP contribution is 2.45. The van der Waals surface area contributed by atoms with Gasteiger partial charge in [0.1, 0.15) is 11.6 Å². The van der Waals surface area contributed by atoms with Crippen LogP contribution in [0.1, 0.15) is 61.4 Å². The van der Waals surface area contributed by atoms with Crippen LogP contribution < -0.4 is 0 Å². The van der Waals surface area contributed by atoms with Crippen molar-refractivity contribution in [2.75, 3.05) is 31.9 Å². The summed E-state index contributed by atoms with van der Waals surface area (Å²) in [6, 6.07) is 0.597. The third kappa shape index (κ3) is 5.99. The second-order valence-electron chi connectivity index (χ2n) is 9.07. The van der Waals surface area contributed by atoms with Crippen LogP contribution in [0.3, 0.4) is 0 Å². The molecule has 1 aliphatic heterocycles. The maximum atomic E-state index is 14.4. The topological polar surface area (TPSA) is 57.7 Å². The molecule has 3 rings (SSSR count). The van der Waals surface area contributed by atoms with Crippen LogP contribution in [0.4, 0.5) is 30.7 Å². The van der Waals surface area contributed by atoms with E-state index in [1.165, 1.54) is 11.2 Å². The van der Waals surface area contributed by atoms with Crippen molar-refractivity contribution in [1.82, 2.24) is 9.21 Å². The minimum Gasteiger partial charge on any atom is -0.295 e. The van der Waals surface area contributed by atoms with Gasteiger partial charge < -0.3 is 0 Å². The SMILES string of the molecule is CCS(=O)(=O)N1CCN(C2(CCC(=O)c3c(F)ccc(C(F)(F)F)c3F)CCC(F)(F)CC2)CC1. The summed E-state index contributed by atoms with van der Waals surface area (Å²) in [5, 5.41) is 0. The second-order valence-corrected chi connectivity index (χ2v) is 11.3. The molecule has 0 N–H and O–H groups in total. The van der Waals surface area contributed by atoms with Crippen molar-refractivity contribution < 1.29 is 43.9 Å². The number of alkyl halides is 5. The van der Waals surface area contributed by atoms with Crippen molar-refractivity contribution >= 4 is 15.8 Å². The minimum atomic E-state index is -5.12. The van der Waals surface area contributed by atoms with Crippen LogP contribution in [0.5, 0.6) is 0 Å². The summed E-state index contributed by atoms with van der Waals surface area (Å²) in [7, 11) is -3.44. The van der Waals surface area contributed by atoms with E-state index in [1.807, 2.05) is 4.90 Å². The number of ketones is 1. The average Bonchev–Trinajstić information content (AvgIpc) is 2.78. The van der Waals surface area contributed by atoms with Gasteiger partial charge in [-0.1, -0.05) is 0 Å². The van der Waals surface area contributed by atoms with E-state index < -0.39 is 75.5 Å². The van der Waals surface area contributed by atoms with E-state index in [-0.39, 0.29) is 57.3 Å². The van der Waals surface area contributed by atoms with Gasteiger partial charge in [0.25, 0.3) is 0 Å². The summed E-state index contributed by atoms with van der Waals surface area (Å²) < 4.78 is 121. The Bertz CT molecular complexity index is 1040. The number of rotatable bonds is 7. The van der Waals surface area contributed by atoms with E-state index in [4.69, 9.17) is 0 Å². The third-order valence-corrected chi connectivity index (χ3v) is 8.95. The van der Waals surface area contributed by atoms with Gasteiger partial charge in [-0.15, -0.1) is 0 Å². The fourth-order valence-corrected chi connectivity index (χ4v) is 6.01. The van der Waals surface area contributed by atoms with Crippen LogP contribution >= 0.6 is 0 Å². The molecule has 0 aromatic heterocycles. The quantitative estimate of drug-likeness (QED) is 0.372. The second kappa shape index (κ2) is 9.97. The van der Waals surface area contributed by atoms with Crippen molar-refractivity contribution in [3.05, 3.63) is 34.9 Å². The summed E-state index contributed by atoms with van der Waals surface area (Å²) in [5.41, 5.74) is -4.02. The van der Waals surface area contributed by atoms with E-state index in [9.17, 15) is 43.9 Å². The van der Waals surface area contributed by atoms with Crippen molar-refractivity contribution in [2.24, 2.45) is 0 Å². The van der Waals surface area contributed by atoms with Crippen LogP contribution in [-0.2, 0) is 16.2 Å². The number of carbonyl (C=O) groups is 1. The van der Waals surface area contributed by atoms with E-state index in [2.05, 4.69) is 0 Å². The predicted octanol–water partition coefficient (Wildman–Crippen LogP) is 4.86. The monoisotopic (exact) mass is 532 g/mol. The van der Waals surface area contributed by atoms with Crippen LogP contribution in [-0.4, -0.2) is 66.8 Å². The third-order valence-electron chi connectivity index (χ3n) is 7.07. The van der Waals surface area contributed by atoms with Crippen LogP contribution in [0, 0.1) is 11.6 Å². The Morgan fingerprint density at radius 1 is 1.00 bits per heavy atom. The van der Waals surface area contributed by atoms with Gasteiger partial charge in [0, 0.05) is 51.0 Å². The summed E-state index contributed by atoms with van der Waals surface area (Å²) >= 11 is 0. The normalized spacial score (nSPS) is 21.7. The highest BCUT2D eigenvalue weighted by atomic mass is 32.2. The highest BCUT2D eigenvalue weighted by Gasteiger charge is 2.47. The zero-order chi connectivity index (χ0) is 26.2. The van der Waals surface area contributed by atoms with Crippen molar-refractivity contribution in [3.8, 4) is 0 Å². The predicted molar refractivity (Wildman–Crippen MR) is 114 cm³/mol. The molecular formula is C22H27F7N2O3S. The van der Waals surface area contributed by atoms with Gasteiger partial charge in [-0.05, 0) is 38.3 Å². The highest BCUT2D eigenvalue weighted by molar-refractivity contribution is 7.89. The molecule has 0 amide bonds. The Labute approximate surface area is 199 Å². The molecule has 1 saturated carbocycles. The van der Waals surface area contributed by atoms with Crippen molar-refractivity contribution in [1.29, 1.82) is 0 Å². The van der Waals surface area contributed by atoms with E-state index in [0.29, 0.717) is 6.07 Å². The maximum absolute atomic E-state index is 14.4. The largest absolute Gasteiger partial charge is 0.419 e. The number of sulfonamides is 1. The number of halogens is 7. The molecule has 0 spiro atoms. The molecule has 1 aliphatic carbocycles. The number of nitrogens with zero attached hydrogens (tertiary/aromatic N) is 2. The number of Topliss-reactive ketones (excluding diaryl/α,β-unsaturated/α-hetero) is 1. The van der Waals surface area contributed by atoms with Gasteiger partial charge in [0.05, 0.1) is 16.9 Å². The molecule has 0 radical (unpaired) electrons. The summed E-state index contributed by atoms with van der Waals surface area (Å²) in [6.45, 7) is 2.18. The molecule has 35 heavy (non-hydrogen) atoms. The zero-order valence-corrected chi connectivity index (χ0v) is 19.9. The van der Waals surface area contributed by atoms with Gasteiger partial charge in [-0.3, -0.25) is 9.69 Å².